The van der Waals surface area contributed by atoms with Gasteiger partial charge in [0.15, 0.2) is 0 Å². The fourth-order valence-electron chi connectivity index (χ4n) is 2.16. The lowest BCUT2D eigenvalue weighted by atomic mass is 10.0. The van der Waals surface area contributed by atoms with E-state index < -0.39 is 0 Å². The first-order chi connectivity index (χ1) is 10.2. The molecule has 1 N–H and O–H groups in total. The first kappa shape index (κ1) is 15.4. The second-order valence-electron chi connectivity index (χ2n) is 5.46. The molecule has 0 bridgehead atoms. The number of hydrogen-bond donors (Lipinski definition) is 1. The maximum Gasteiger partial charge on any atom is 0.126 e. The van der Waals surface area contributed by atoms with Crippen LogP contribution in [-0.4, -0.2) is 11.5 Å². The van der Waals surface area contributed by atoms with E-state index in [1.54, 1.807) is 0 Å². The monoisotopic (exact) mass is 284 g/mol. The number of pyridine rings is 1. The zero-order valence-electron chi connectivity index (χ0n) is 13.1. The van der Waals surface area contributed by atoms with Crippen molar-refractivity contribution in [3.8, 4) is 5.75 Å². The summed E-state index contributed by atoms with van der Waals surface area (Å²) in [6.07, 6.45) is 2.91. The number of nitrogens with one attached hydrogen (secondary N) is 1. The number of rotatable bonds is 7. The minimum atomic E-state index is 0.459. The van der Waals surface area contributed by atoms with Crippen molar-refractivity contribution in [2.45, 2.75) is 39.7 Å². The van der Waals surface area contributed by atoms with Gasteiger partial charge in [-0.05, 0) is 41.7 Å². The molecular weight excluding hydrogens is 260 g/mol. The molecule has 0 saturated carbocycles. The molecule has 1 heterocycles. The van der Waals surface area contributed by atoms with Crippen molar-refractivity contribution >= 4 is 5.82 Å². The second-order valence-corrected chi connectivity index (χ2v) is 5.46. The molecule has 0 aliphatic heterocycles. The topological polar surface area (TPSA) is 34.1 Å². The number of ether oxygens (including phenoxy) is 1. The van der Waals surface area contributed by atoms with E-state index in [9.17, 15) is 0 Å². The number of hydrogen-bond acceptors (Lipinski definition) is 3. The molecule has 1 aromatic heterocycles. The van der Waals surface area contributed by atoms with E-state index >= 15 is 0 Å². The fraction of sp³-hybridized carbons (Fsp3) is 0.389. The molecular formula is C18H24N2O. The van der Waals surface area contributed by atoms with Crippen LogP contribution in [0.25, 0.3) is 0 Å². The van der Waals surface area contributed by atoms with Crippen molar-refractivity contribution < 1.29 is 4.74 Å². The van der Waals surface area contributed by atoms with Gasteiger partial charge in [-0.15, -0.1) is 0 Å². The summed E-state index contributed by atoms with van der Waals surface area (Å²) < 4.78 is 5.99. The van der Waals surface area contributed by atoms with Crippen LogP contribution in [0.5, 0.6) is 5.75 Å². The summed E-state index contributed by atoms with van der Waals surface area (Å²) in [7, 11) is 0. The first-order valence-corrected chi connectivity index (χ1v) is 7.61. The predicted molar refractivity (Wildman–Crippen MR) is 87.9 cm³/mol. The Morgan fingerprint density at radius 2 is 2.00 bits per heavy atom. The molecule has 0 saturated heterocycles. The maximum absolute atomic E-state index is 5.99. The summed E-state index contributed by atoms with van der Waals surface area (Å²) in [5.74, 6) is 2.34. The van der Waals surface area contributed by atoms with Gasteiger partial charge < -0.3 is 10.1 Å². The lowest BCUT2D eigenvalue weighted by Crippen LogP contribution is -2.04. The fourth-order valence-corrected chi connectivity index (χ4v) is 2.16. The van der Waals surface area contributed by atoms with Gasteiger partial charge in [0.05, 0.1) is 0 Å². The van der Waals surface area contributed by atoms with Crippen LogP contribution in [0.3, 0.4) is 0 Å². The van der Waals surface area contributed by atoms with Gasteiger partial charge >= 0.3 is 0 Å². The molecule has 0 radical (unpaired) electrons. The van der Waals surface area contributed by atoms with Crippen LogP contribution in [0.15, 0.2) is 42.6 Å². The number of nitrogens with zero attached hydrogens (tertiary/aromatic N) is 1. The SMILES string of the molecule is CCCNc1cc(COc2ccccc2C(C)C)ccn1. The van der Waals surface area contributed by atoms with Gasteiger partial charge in [0.1, 0.15) is 18.2 Å². The number of aromatic nitrogens is 1. The normalized spacial score (nSPS) is 10.7. The first-order valence-electron chi connectivity index (χ1n) is 7.61. The Hall–Kier alpha value is -2.03. The Morgan fingerprint density at radius 3 is 2.76 bits per heavy atom. The summed E-state index contributed by atoms with van der Waals surface area (Å²) in [4.78, 5) is 4.31. The molecule has 3 nitrogen and oxygen atoms in total. The van der Waals surface area contributed by atoms with Crippen molar-refractivity contribution in [3.05, 3.63) is 53.7 Å². The minimum absolute atomic E-state index is 0.459. The lowest BCUT2D eigenvalue weighted by Gasteiger charge is -2.14. The molecule has 0 spiro atoms. The average Bonchev–Trinajstić information content (AvgIpc) is 2.51. The second kappa shape index (κ2) is 7.67. The van der Waals surface area contributed by atoms with Gasteiger partial charge in [-0.1, -0.05) is 39.0 Å². The number of para-hydroxylation sites is 1. The molecule has 21 heavy (non-hydrogen) atoms. The zero-order chi connectivity index (χ0) is 15.1. The standard InChI is InChI=1S/C18H24N2O/c1-4-10-19-18-12-15(9-11-20-18)13-21-17-8-6-5-7-16(17)14(2)3/h5-9,11-12,14H,4,10,13H2,1-3H3,(H,19,20). The van der Waals surface area contributed by atoms with E-state index in [2.05, 4.69) is 43.2 Å². The van der Waals surface area contributed by atoms with Gasteiger partial charge in [0, 0.05) is 12.7 Å². The molecule has 0 fully saturated rings. The van der Waals surface area contributed by atoms with Gasteiger partial charge in [-0.25, -0.2) is 4.98 Å². The molecule has 0 aliphatic carbocycles. The number of anilines is 1. The Balaban J connectivity index is 2.03. The molecule has 1 aromatic carbocycles. The molecule has 0 amide bonds. The molecule has 112 valence electrons. The van der Waals surface area contributed by atoms with E-state index in [4.69, 9.17) is 4.74 Å². The Kier molecular flexibility index (Phi) is 5.61. The van der Waals surface area contributed by atoms with Crippen molar-refractivity contribution in [2.75, 3.05) is 11.9 Å². The van der Waals surface area contributed by atoms with Crippen LogP contribution in [0, 0.1) is 0 Å². The largest absolute Gasteiger partial charge is 0.489 e. The summed E-state index contributed by atoms with van der Waals surface area (Å²) in [6.45, 7) is 8.01. The third-order valence-corrected chi connectivity index (χ3v) is 3.32. The van der Waals surface area contributed by atoms with Gasteiger partial charge in [-0.3, -0.25) is 0 Å². The lowest BCUT2D eigenvalue weighted by molar-refractivity contribution is 0.302. The zero-order valence-corrected chi connectivity index (χ0v) is 13.1. The van der Waals surface area contributed by atoms with E-state index in [1.807, 2.05) is 30.5 Å². The maximum atomic E-state index is 5.99. The van der Waals surface area contributed by atoms with E-state index in [0.29, 0.717) is 12.5 Å². The van der Waals surface area contributed by atoms with Crippen LogP contribution in [-0.2, 0) is 6.61 Å². The smallest absolute Gasteiger partial charge is 0.126 e. The molecule has 0 aliphatic rings. The highest BCUT2D eigenvalue weighted by molar-refractivity contribution is 5.38. The Bertz CT molecular complexity index is 567. The van der Waals surface area contributed by atoms with Gasteiger partial charge in [0.25, 0.3) is 0 Å². The molecule has 2 aromatic rings. The minimum Gasteiger partial charge on any atom is -0.489 e. The summed E-state index contributed by atoms with van der Waals surface area (Å²) in [5, 5.41) is 3.30. The molecule has 0 atom stereocenters. The third kappa shape index (κ3) is 4.48. The highest BCUT2D eigenvalue weighted by Crippen LogP contribution is 2.26. The highest BCUT2D eigenvalue weighted by Gasteiger charge is 2.07. The van der Waals surface area contributed by atoms with Crippen LogP contribution in [0.1, 0.15) is 44.2 Å². The highest BCUT2D eigenvalue weighted by atomic mass is 16.5. The van der Waals surface area contributed by atoms with Crippen LogP contribution < -0.4 is 10.1 Å². The third-order valence-electron chi connectivity index (χ3n) is 3.32. The van der Waals surface area contributed by atoms with Crippen LogP contribution in [0.2, 0.25) is 0 Å². The summed E-state index contributed by atoms with van der Waals surface area (Å²) in [5.41, 5.74) is 2.37. The van der Waals surface area contributed by atoms with E-state index in [1.165, 1.54) is 5.56 Å². The molecule has 0 unspecified atom stereocenters. The van der Waals surface area contributed by atoms with E-state index in [0.717, 1.165) is 30.1 Å². The molecule has 3 heteroatoms. The average molecular weight is 284 g/mol. The van der Waals surface area contributed by atoms with Gasteiger partial charge in [-0.2, -0.15) is 0 Å². The predicted octanol–water partition coefficient (Wildman–Crippen LogP) is 4.61. The quantitative estimate of drug-likeness (QED) is 0.806. The Labute approximate surface area is 127 Å². The van der Waals surface area contributed by atoms with Gasteiger partial charge in [0.2, 0.25) is 0 Å². The van der Waals surface area contributed by atoms with Crippen molar-refractivity contribution in [1.29, 1.82) is 0 Å². The van der Waals surface area contributed by atoms with Crippen molar-refractivity contribution in [3.63, 3.8) is 0 Å². The molecule has 2 rings (SSSR count). The van der Waals surface area contributed by atoms with E-state index in [-0.39, 0.29) is 0 Å². The van der Waals surface area contributed by atoms with Crippen LogP contribution in [0.4, 0.5) is 5.82 Å². The Morgan fingerprint density at radius 1 is 1.19 bits per heavy atom. The van der Waals surface area contributed by atoms with Crippen LogP contribution >= 0.6 is 0 Å². The van der Waals surface area contributed by atoms with Crippen molar-refractivity contribution in [1.82, 2.24) is 4.98 Å². The summed E-state index contributed by atoms with van der Waals surface area (Å²) >= 11 is 0. The van der Waals surface area contributed by atoms with Crippen molar-refractivity contribution in [2.24, 2.45) is 0 Å². The number of benzene rings is 1. The summed E-state index contributed by atoms with van der Waals surface area (Å²) in [6, 6.07) is 12.3.